The van der Waals surface area contributed by atoms with Gasteiger partial charge in [-0.15, -0.1) is 5.10 Å². The number of ether oxygens (including phenoxy) is 2. The van der Waals surface area contributed by atoms with Crippen molar-refractivity contribution in [1.82, 2.24) is 15.1 Å². The molecule has 0 aliphatic carbocycles. The second-order valence-corrected chi connectivity index (χ2v) is 6.26. The van der Waals surface area contributed by atoms with E-state index in [1.165, 1.54) is 0 Å². The summed E-state index contributed by atoms with van der Waals surface area (Å²) in [6.45, 7) is 3.23. The van der Waals surface area contributed by atoms with Crippen LogP contribution in [0.4, 0.5) is 0 Å². The fraction of sp³-hybridized carbons (Fsp3) is 0.421. The number of piperidine rings is 1. The maximum Gasteiger partial charge on any atom is 0.233 e. The SMILES string of the molecule is COc1cccc(CC(=O)N2CCCC(Oc3ccc(C)nn3)C2)c1. The Balaban J connectivity index is 1.58. The Morgan fingerprint density at radius 3 is 2.92 bits per heavy atom. The highest BCUT2D eigenvalue weighted by molar-refractivity contribution is 5.79. The molecule has 1 unspecified atom stereocenters. The minimum atomic E-state index is -0.0417. The first-order valence-corrected chi connectivity index (χ1v) is 8.52. The number of carbonyl (C=O) groups is 1. The number of methoxy groups -OCH3 is 1. The summed E-state index contributed by atoms with van der Waals surface area (Å²) in [7, 11) is 1.63. The maximum absolute atomic E-state index is 12.6. The van der Waals surface area contributed by atoms with Crippen molar-refractivity contribution in [2.24, 2.45) is 0 Å². The zero-order valence-corrected chi connectivity index (χ0v) is 14.6. The van der Waals surface area contributed by atoms with Crippen LogP contribution in [0.25, 0.3) is 0 Å². The number of hydrogen-bond acceptors (Lipinski definition) is 5. The molecular formula is C19H23N3O3. The molecule has 3 rings (SSSR count). The summed E-state index contributed by atoms with van der Waals surface area (Å²) in [5.74, 6) is 1.39. The van der Waals surface area contributed by atoms with E-state index in [9.17, 15) is 4.79 Å². The monoisotopic (exact) mass is 341 g/mol. The topological polar surface area (TPSA) is 64.5 Å². The number of likely N-dealkylation sites (tertiary alicyclic amines) is 1. The quantitative estimate of drug-likeness (QED) is 0.836. The van der Waals surface area contributed by atoms with Crippen LogP contribution in [-0.2, 0) is 11.2 Å². The van der Waals surface area contributed by atoms with E-state index in [-0.39, 0.29) is 12.0 Å². The van der Waals surface area contributed by atoms with Gasteiger partial charge >= 0.3 is 0 Å². The Hall–Kier alpha value is -2.63. The first-order valence-electron chi connectivity index (χ1n) is 8.52. The van der Waals surface area contributed by atoms with Crippen LogP contribution < -0.4 is 9.47 Å². The molecule has 0 spiro atoms. The fourth-order valence-electron chi connectivity index (χ4n) is 2.95. The molecule has 1 aliphatic rings. The van der Waals surface area contributed by atoms with E-state index in [2.05, 4.69) is 10.2 Å². The molecule has 132 valence electrons. The molecule has 6 heteroatoms. The van der Waals surface area contributed by atoms with Gasteiger partial charge in [-0.3, -0.25) is 4.79 Å². The molecule has 0 bridgehead atoms. The summed E-state index contributed by atoms with van der Waals surface area (Å²) in [5, 5.41) is 8.04. The Morgan fingerprint density at radius 2 is 2.16 bits per heavy atom. The van der Waals surface area contributed by atoms with Crippen molar-refractivity contribution >= 4 is 5.91 Å². The lowest BCUT2D eigenvalue weighted by molar-refractivity contribution is -0.133. The van der Waals surface area contributed by atoms with Gasteiger partial charge in [0.15, 0.2) is 0 Å². The lowest BCUT2D eigenvalue weighted by Crippen LogP contribution is -2.45. The normalized spacial score (nSPS) is 17.2. The first kappa shape index (κ1) is 17.2. The smallest absolute Gasteiger partial charge is 0.233 e. The molecule has 2 aromatic rings. The third-order valence-corrected chi connectivity index (χ3v) is 4.28. The molecular weight excluding hydrogens is 318 g/mol. The standard InChI is InChI=1S/C19H23N3O3/c1-14-8-9-18(21-20-14)25-17-7-4-10-22(13-17)19(23)12-15-5-3-6-16(11-15)24-2/h3,5-6,8-9,11,17H,4,7,10,12-13H2,1-2H3. The number of rotatable bonds is 5. The molecule has 1 fully saturated rings. The van der Waals surface area contributed by atoms with E-state index in [0.29, 0.717) is 18.8 Å². The van der Waals surface area contributed by atoms with Gasteiger partial charge in [-0.1, -0.05) is 12.1 Å². The van der Waals surface area contributed by atoms with E-state index in [0.717, 1.165) is 36.4 Å². The van der Waals surface area contributed by atoms with Gasteiger partial charge in [0.25, 0.3) is 0 Å². The maximum atomic E-state index is 12.6. The summed E-state index contributed by atoms with van der Waals surface area (Å²) in [4.78, 5) is 14.5. The second kappa shape index (κ2) is 7.96. The van der Waals surface area contributed by atoms with Crippen LogP contribution in [0, 0.1) is 6.92 Å². The number of carbonyl (C=O) groups excluding carboxylic acids is 1. The lowest BCUT2D eigenvalue weighted by Gasteiger charge is -2.32. The highest BCUT2D eigenvalue weighted by atomic mass is 16.5. The minimum Gasteiger partial charge on any atom is -0.497 e. The molecule has 1 atom stereocenters. The Morgan fingerprint density at radius 1 is 1.28 bits per heavy atom. The second-order valence-electron chi connectivity index (χ2n) is 6.26. The van der Waals surface area contributed by atoms with Gasteiger partial charge in [0, 0.05) is 12.6 Å². The predicted molar refractivity (Wildman–Crippen MR) is 93.7 cm³/mol. The van der Waals surface area contributed by atoms with E-state index >= 15 is 0 Å². The van der Waals surface area contributed by atoms with Gasteiger partial charge in [-0.25, -0.2) is 0 Å². The van der Waals surface area contributed by atoms with E-state index in [1.54, 1.807) is 7.11 Å². The number of hydrogen-bond donors (Lipinski definition) is 0. The zero-order chi connectivity index (χ0) is 17.6. The number of aryl methyl sites for hydroxylation is 1. The van der Waals surface area contributed by atoms with Gasteiger partial charge in [0.1, 0.15) is 11.9 Å². The Kier molecular flexibility index (Phi) is 5.48. The van der Waals surface area contributed by atoms with Crippen molar-refractivity contribution < 1.29 is 14.3 Å². The molecule has 6 nitrogen and oxygen atoms in total. The van der Waals surface area contributed by atoms with E-state index in [1.807, 2.05) is 48.2 Å². The van der Waals surface area contributed by atoms with Crippen LogP contribution in [0.3, 0.4) is 0 Å². The van der Waals surface area contributed by atoms with Gasteiger partial charge in [0.2, 0.25) is 11.8 Å². The van der Waals surface area contributed by atoms with Gasteiger partial charge in [-0.2, -0.15) is 5.10 Å². The van der Waals surface area contributed by atoms with Crippen molar-refractivity contribution in [1.29, 1.82) is 0 Å². The molecule has 1 aromatic carbocycles. The van der Waals surface area contributed by atoms with Crippen molar-refractivity contribution in [3.63, 3.8) is 0 Å². The van der Waals surface area contributed by atoms with Gasteiger partial charge in [-0.05, 0) is 43.5 Å². The Bertz CT molecular complexity index is 718. The lowest BCUT2D eigenvalue weighted by atomic mass is 10.1. The van der Waals surface area contributed by atoms with Gasteiger partial charge < -0.3 is 14.4 Å². The number of nitrogens with zero attached hydrogens (tertiary/aromatic N) is 3. The molecule has 0 radical (unpaired) electrons. The van der Waals surface area contributed by atoms with Gasteiger partial charge in [0.05, 0.1) is 25.8 Å². The summed E-state index contributed by atoms with van der Waals surface area (Å²) >= 11 is 0. The van der Waals surface area contributed by atoms with Crippen LogP contribution in [0.15, 0.2) is 36.4 Å². The van der Waals surface area contributed by atoms with E-state index in [4.69, 9.17) is 9.47 Å². The largest absolute Gasteiger partial charge is 0.497 e. The highest BCUT2D eigenvalue weighted by Crippen LogP contribution is 2.18. The van der Waals surface area contributed by atoms with Crippen LogP contribution in [0.5, 0.6) is 11.6 Å². The van der Waals surface area contributed by atoms with Crippen molar-refractivity contribution in [2.45, 2.75) is 32.3 Å². The fourth-order valence-corrected chi connectivity index (χ4v) is 2.95. The van der Waals surface area contributed by atoms with Crippen molar-refractivity contribution in [2.75, 3.05) is 20.2 Å². The van der Waals surface area contributed by atoms with Crippen LogP contribution >= 0.6 is 0 Å². The van der Waals surface area contributed by atoms with Crippen LogP contribution in [0.2, 0.25) is 0 Å². The Labute approximate surface area is 147 Å². The molecule has 1 aliphatic heterocycles. The zero-order valence-electron chi connectivity index (χ0n) is 14.6. The molecule has 1 saturated heterocycles. The van der Waals surface area contributed by atoms with Crippen molar-refractivity contribution in [3.8, 4) is 11.6 Å². The number of amides is 1. The first-order chi connectivity index (χ1) is 12.1. The molecule has 1 aromatic heterocycles. The van der Waals surface area contributed by atoms with E-state index < -0.39 is 0 Å². The predicted octanol–water partition coefficient (Wildman–Crippen LogP) is 2.41. The summed E-state index contributed by atoms with van der Waals surface area (Å²) < 4.78 is 11.1. The molecule has 25 heavy (non-hydrogen) atoms. The summed E-state index contributed by atoms with van der Waals surface area (Å²) in [5.41, 5.74) is 1.81. The molecule has 0 N–H and O–H groups in total. The molecule has 0 saturated carbocycles. The van der Waals surface area contributed by atoms with Crippen LogP contribution in [0.1, 0.15) is 24.1 Å². The average Bonchev–Trinajstić information content (AvgIpc) is 2.64. The highest BCUT2D eigenvalue weighted by Gasteiger charge is 2.25. The molecule has 1 amide bonds. The van der Waals surface area contributed by atoms with Crippen molar-refractivity contribution in [3.05, 3.63) is 47.7 Å². The summed E-state index contributed by atoms with van der Waals surface area (Å²) in [6.07, 6.45) is 2.17. The third-order valence-electron chi connectivity index (χ3n) is 4.28. The summed E-state index contributed by atoms with van der Waals surface area (Å²) in [6, 6.07) is 11.3. The number of aromatic nitrogens is 2. The number of benzene rings is 1. The average molecular weight is 341 g/mol. The minimum absolute atomic E-state index is 0.0417. The molecule has 2 heterocycles. The van der Waals surface area contributed by atoms with Crippen LogP contribution in [-0.4, -0.2) is 47.3 Å². The third kappa shape index (κ3) is 4.68.